The van der Waals surface area contributed by atoms with Crippen LogP contribution in [0.3, 0.4) is 0 Å². The summed E-state index contributed by atoms with van der Waals surface area (Å²) < 4.78 is 3.48. The lowest BCUT2D eigenvalue weighted by Crippen LogP contribution is -2.24. The summed E-state index contributed by atoms with van der Waals surface area (Å²) >= 11 is 0. The number of aryl methyl sites for hydroxylation is 1. The molecule has 0 aliphatic carbocycles. The topological polar surface area (TPSA) is 103 Å². The molecule has 1 N–H and O–H groups in total. The molecule has 4 rings (SSSR count). The van der Waals surface area contributed by atoms with Crippen LogP contribution in [0, 0.1) is 6.92 Å². The van der Waals surface area contributed by atoms with Crippen molar-refractivity contribution in [3.63, 3.8) is 0 Å². The van der Waals surface area contributed by atoms with Crippen LogP contribution in [0.5, 0.6) is 0 Å². The number of amides is 1. The van der Waals surface area contributed by atoms with E-state index in [1.807, 2.05) is 23.7 Å². The lowest BCUT2D eigenvalue weighted by atomic mass is 9.92. The lowest BCUT2D eigenvalue weighted by Gasteiger charge is -2.20. The van der Waals surface area contributed by atoms with Gasteiger partial charge in [-0.15, -0.1) is 0 Å². The van der Waals surface area contributed by atoms with E-state index in [0.29, 0.717) is 23.0 Å². The summed E-state index contributed by atoms with van der Waals surface area (Å²) in [5.41, 5.74) is 3.15. The van der Waals surface area contributed by atoms with E-state index in [1.165, 1.54) is 0 Å². The van der Waals surface area contributed by atoms with E-state index in [-0.39, 0.29) is 22.8 Å². The van der Waals surface area contributed by atoms with Crippen molar-refractivity contribution in [3.05, 3.63) is 53.2 Å². The third kappa shape index (κ3) is 4.67. The molecule has 0 aliphatic heterocycles. The van der Waals surface area contributed by atoms with Crippen LogP contribution < -0.4 is 5.32 Å². The second-order valence-electron chi connectivity index (χ2n) is 11.2. The molecule has 0 bridgehead atoms. The zero-order valence-corrected chi connectivity index (χ0v) is 22.0. The Morgan fingerprint density at radius 3 is 2.23 bits per heavy atom. The highest BCUT2D eigenvalue weighted by molar-refractivity contribution is 6.12. The molecular weight excluding hydrogens is 440 g/mol. The van der Waals surface area contributed by atoms with E-state index in [0.717, 1.165) is 22.5 Å². The number of rotatable bonds is 4. The largest absolute Gasteiger partial charge is 0.306 e. The van der Waals surface area contributed by atoms with Crippen LogP contribution in [0.4, 0.5) is 5.82 Å². The molecule has 0 fully saturated rings. The van der Waals surface area contributed by atoms with Gasteiger partial charge in [0.2, 0.25) is 0 Å². The number of nitrogens with one attached hydrogen (secondary N) is 1. The minimum absolute atomic E-state index is 0.144. The number of carbonyl (C=O) groups excluding carboxylic acids is 1. The van der Waals surface area contributed by atoms with Crippen LogP contribution in [0.2, 0.25) is 0 Å². The first-order valence-electron chi connectivity index (χ1n) is 11.9. The molecule has 184 valence electrons. The first-order chi connectivity index (χ1) is 16.3. The number of nitrogens with zero attached hydrogens (tertiary/aromatic N) is 7. The molecule has 0 aromatic carbocycles. The van der Waals surface area contributed by atoms with Crippen LogP contribution >= 0.6 is 0 Å². The fourth-order valence-corrected chi connectivity index (χ4v) is 3.82. The molecule has 1 amide bonds. The second kappa shape index (κ2) is 8.55. The van der Waals surface area contributed by atoms with Crippen molar-refractivity contribution in [2.75, 3.05) is 5.32 Å². The first-order valence-corrected chi connectivity index (χ1v) is 11.9. The summed E-state index contributed by atoms with van der Waals surface area (Å²) in [4.78, 5) is 27.4. The highest BCUT2D eigenvalue weighted by Gasteiger charge is 2.27. The standard InChI is InChI=1S/C26H34N8O/c1-15(2)18-13-17(21-16(3)31-34(22(21)29-18)26(7,8)9)23(35)30-20-14-19(25(4,5)6)32-33(20)24-27-11-10-12-28-24/h10-15H,1-9H3,(H,30,35). The van der Waals surface area contributed by atoms with E-state index in [4.69, 9.17) is 15.2 Å². The van der Waals surface area contributed by atoms with Gasteiger partial charge in [0.25, 0.3) is 11.9 Å². The molecular formula is C26H34N8O. The zero-order valence-electron chi connectivity index (χ0n) is 22.0. The maximum Gasteiger partial charge on any atom is 0.257 e. The molecule has 0 aliphatic rings. The fourth-order valence-electron chi connectivity index (χ4n) is 3.82. The lowest BCUT2D eigenvalue weighted by molar-refractivity contribution is 0.102. The number of pyridine rings is 1. The van der Waals surface area contributed by atoms with Gasteiger partial charge >= 0.3 is 0 Å². The number of anilines is 1. The Bertz CT molecular complexity index is 1380. The van der Waals surface area contributed by atoms with Gasteiger partial charge in [0, 0.05) is 29.6 Å². The Morgan fingerprint density at radius 1 is 1.00 bits per heavy atom. The van der Waals surface area contributed by atoms with Crippen LogP contribution in [0.25, 0.3) is 17.0 Å². The second-order valence-corrected chi connectivity index (χ2v) is 11.2. The van der Waals surface area contributed by atoms with Crippen molar-refractivity contribution in [3.8, 4) is 5.95 Å². The van der Waals surface area contributed by atoms with E-state index in [1.54, 1.807) is 23.1 Å². The normalized spacial score (nSPS) is 12.5. The van der Waals surface area contributed by atoms with E-state index in [2.05, 4.69) is 70.7 Å². The van der Waals surface area contributed by atoms with Gasteiger partial charge in [-0.2, -0.15) is 14.9 Å². The Hall–Kier alpha value is -3.62. The number of hydrogen-bond acceptors (Lipinski definition) is 6. The fraction of sp³-hybridized carbons (Fsp3) is 0.462. The van der Waals surface area contributed by atoms with Crippen molar-refractivity contribution < 1.29 is 4.79 Å². The molecule has 0 spiro atoms. The monoisotopic (exact) mass is 474 g/mol. The molecule has 35 heavy (non-hydrogen) atoms. The Morgan fingerprint density at radius 2 is 1.66 bits per heavy atom. The van der Waals surface area contributed by atoms with Gasteiger partial charge in [0.1, 0.15) is 5.82 Å². The average Bonchev–Trinajstić information content (AvgIpc) is 3.35. The highest BCUT2D eigenvalue weighted by atomic mass is 16.1. The number of aromatic nitrogens is 7. The quantitative estimate of drug-likeness (QED) is 0.439. The van der Waals surface area contributed by atoms with Crippen molar-refractivity contribution in [1.82, 2.24) is 34.5 Å². The molecule has 4 heterocycles. The SMILES string of the molecule is Cc1nn(C(C)(C)C)c2nc(C(C)C)cc(C(=O)Nc3cc(C(C)(C)C)nn3-c3ncccn3)c12. The maximum absolute atomic E-state index is 13.8. The van der Waals surface area contributed by atoms with Gasteiger partial charge in [-0.1, -0.05) is 34.6 Å². The average molecular weight is 475 g/mol. The van der Waals surface area contributed by atoms with Crippen molar-refractivity contribution >= 4 is 22.8 Å². The maximum atomic E-state index is 13.8. The molecule has 9 heteroatoms. The molecule has 0 atom stereocenters. The predicted octanol–water partition coefficient (Wildman–Crippen LogP) is 5.14. The first kappa shape index (κ1) is 24.5. The highest BCUT2D eigenvalue weighted by Crippen LogP contribution is 2.30. The van der Waals surface area contributed by atoms with Crippen molar-refractivity contribution in [1.29, 1.82) is 0 Å². The summed E-state index contributed by atoms with van der Waals surface area (Å²) in [7, 11) is 0. The van der Waals surface area contributed by atoms with Crippen LogP contribution in [-0.2, 0) is 11.0 Å². The third-order valence-electron chi connectivity index (χ3n) is 5.77. The van der Waals surface area contributed by atoms with Gasteiger partial charge in [0.15, 0.2) is 5.65 Å². The Labute approximate surface area is 206 Å². The van der Waals surface area contributed by atoms with Crippen LogP contribution in [0.15, 0.2) is 30.6 Å². The summed E-state index contributed by atoms with van der Waals surface area (Å²) in [5, 5.41) is 13.3. The van der Waals surface area contributed by atoms with E-state index < -0.39 is 0 Å². The number of carbonyl (C=O) groups is 1. The molecule has 4 aromatic heterocycles. The molecule has 9 nitrogen and oxygen atoms in total. The summed E-state index contributed by atoms with van der Waals surface area (Å²) in [6.45, 7) is 18.5. The van der Waals surface area contributed by atoms with Gasteiger partial charge in [-0.05, 0) is 45.7 Å². The van der Waals surface area contributed by atoms with Gasteiger partial charge in [0.05, 0.1) is 27.9 Å². The zero-order chi connectivity index (χ0) is 25.7. The Kier molecular flexibility index (Phi) is 5.99. The molecule has 0 unspecified atom stereocenters. The van der Waals surface area contributed by atoms with Crippen molar-refractivity contribution in [2.45, 2.75) is 79.2 Å². The molecule has 0 radical (unpaired) electrons. The summed E-state index contributed by atoms with van der Waals surface area (Å²) in [5.74, 6) is 0.777. The van der Waals surface area contributed by atoms with E-state index >= 15 is 0 Å². The Balaban J connectivity index is 1.87. The van der Waals surface area contributed by atoms with Crippen molar-refractivity contribution in [2.24, 2.45) is 0 Å². The van der Waals surface area contributed by atoms with Gasteiger partial charge < -0.3 is 5.32 Å². The molecule has 0 saturated carbocycles. The molecule has 0 saturated heterocycles. The third-order valence-corrected chi connectivity index (χ3v) is 5.77. The van der Waals surface area contributed by atoms with Gasteiger partial charge in [-0.3, -0.25) is 4.79 Å². The van der Waals surface area contributed by atoms with E-state index in [9.17, 15) is 4.79 Å². The summed E-state index contributed by atoms with van der Waals surface area (Å²) in [6.07, 6.45) is 3.30. The van der Waals surface area contributed by atoms with Crippen LogP contribution in [-0.4, -0.2) is 40.4 Å². The van der Waals surface area contributed by atoms with Crippen LogP contribution in [0.1, 0.15) is 88.7 Å². The predicted molar refractivity (Wildman–Crippen MR) is 137 cm³/mol. The minimum Gasteiger partial charge on any atom is -0.306 e. The minimum atomic E-state index is -0.284. The molecule has 4 aromatic rings. The summed E-state index contributed by atoms with van der Waals surface area (Å²) in [6, 6.07) is 5.49. The van der Waals surface area contributed by atoms with Gasteiger partial charge in [-0.25, -0.2) is 19.6 Å². The number of hydrogen-bond donors (Lipinski definition) is 1. The number of fused-ring (bicyclic) bond motifs is 1. The smallest absolute Gasteiger partial charge is 0.257 e.